The molecule has 1 aliphatic rings. The van der Waals surface area contributed by atoms with Crippen LogP contribution in [0.4, 0.5) is 0 Å². The van der Waals surface area contributed by atoms with Crippen LogP contribution in [-0.4, -0.2) is 24.4 Å². The maximum absolute atomic E-state index is 10.4. The van der Waals surface area contributed by atoms with Crippen LogP contribution in [0.2, 0.25) is 0 Å². The zero-order chi connectivity index (χ0) is 11.6. The molecular formula is C13H19NO2. The number of methoxy groups -OCH3 is 1. The molecule has 1 aromatic carbocycles. The molecule has 1 aromatic rings. The molecule has 3 nitrogen and oxygen atoms in total. The first-order valence-electron chi connectivity index (χ1n) is 5.73. The molecule has 0 bridgehead atoms. The highest BCUT2D eigenvalue weighted by Crippen LogP contribution is 2.41. The molecule has 0 heterocycles. The lowest BCUT2D eigenvalue weighted by Crippen LogP contribution is -2.42. The minimum absolute atomic E-state index is 0.328. The topological polar surface area (TPSA) is 55.5 Å². The summed E-state index contributed by atoms with van der Waals surface area (Å²) in [4.78, 5) is 0. The fraction of sp³-hybridized carbons (Fsp3) is 0.538. The van der Waals surface area contributed by atoms with E-state index >= 15 is 0 Å². The number of hydrogen-bond donors (Lipinski definition) is 2. The van der Waals surface area contributed by atoms with E-state index in [0.29, 0.717) is 18.9 Å². The molecule has 0 spiro atoms. The largest absolute Gasteiger partial charge is 0.497 e. The zero-order valence-corrected chi connectivity index (χ0v) is 9.65. The predicted octanol–water partition coefficient (Wildman–Crippen LogP) is 1.34. The number of ether oxygens (including phenoxy) is 1. The molecule has 16 heavy (non-hydrogen) atoms. The number of rotatable bonds is 5. The van der Waals surface area contributed by atoms with Crippen LogP contribution >= 0.6 is 0 Å². The number of hydrogen-bond acceptors (Lipinski definition) is 3. The highest BCUT2D eigenvalue weighted by atomic mass is 16.5. The second-order valence-electron chi connectivity index (χ2n) is 4.61. The van der Waals surface area contributed by atoms with Gasteiger partial charge < -0.3 is 15.6 Å². The maximum Gasteiger partial charge on any atom is 0.119 e. The van der Waals surface area contributed by atoms with Crippen LogP contribution in [0, 0.1) is 5.92 Å². The monoisotopic (exact) mass is 221 g/mol. The summed E-state index contributed by atoms with van der Waals surface area (Å²) in [7, 11) is 1.65. The molecule has 1 aliphatic carbocycles. The van der Waals surface area contributed by atoms with Crippen LogP contribution in [-0.2, 0) is 6.42 Å². The molecule has 2 rings (SSSR count). The SMILES string of the molecule is COc1cccc(CC(O)(CN)C2CC2)c1. The van der Waals surface area contributed by atoms with Crippen LogP contribution in [0.5, 0.6) is 5.75 Å². The standard InChI is InChI=1S/C13H19NO2/c1-16-12-4-2-3-10(7-12)8-13(15,9-14)11-5-6-11/h2-4,7,11,15H,5-6,8-9,14H2,1H3. The minimum atomic E-state index is -0.730. The van der Waals surface area contributed by atoms with Gasteiger partial charge in [-0.2, -0.15) is 0 Å². The normalized spacial score (nSPS) is 19.2. The van der Waals surface area contributed by atoms with E-state index in [1.807, 2.05) is 24.3 Å². The van der Waals surface area contributed by atoms with E-state index in [1.54, 1.807) is 7.11 Å². The smallest absolute Gasteiger partial charge is 0.119 e. The van der Waals surface area contributed by atoms with Gasteiger partial charge in [-0.15, -0.1) is 0 Å². The Bertz CT molecular complexity index is 363. The summed E-state index contributed by atoms with van der Waals surface area (Å²) in [5.41, 5.74) is 6.04. The van der Waals surface area contributed by atoms with E-state index in [1.165, 1.54) is 0 Å². The van der Waals surface area contributed by atoms with Gasteiger partial charge in [-0.05, 0) is 36.5 Å². The second kappa shape index (κ2) is 4.44. The quantitative estimate of drug-likeness (QED) is 0.789. The molecule has 0 radical (unpaired) electrons. The van der Waals surface area contributed by atoms with Gasteiger partial charge in [0.05, 0.1) is 12.7 Å². The Balaban J connectivity index is 2.12. The molecular weight excluding hydrogens is 202 g/mol. The first kappa shape index (κ1) is 11.4. The van der Waals surface area contributed by atoms with Crippen LogP contribution in [0.25, 0.3) is 0 Å². The lowest BCUT2D eigenvalue weighted by Gasteiger charge is -2.26. The first-order chi connectivity index (χ1) is 7.68. The summed E-state index contributed by atoms with van der Waals surface area (Å²) in [5, 5.41) is 10.4. The fourth-order valence-corrected chi connectivity index (χ4v) is 2.14. The van der Waals surface area contributed by atoms with Crippen molar-refractivity contribution in [2.24, 2.45) is 11.7 Å². The van der Waals surface area contributed by atoms with Crippen molar-refractivity contribution in [2.45, 2.75) is 24.9 Å². The predicted molar refractivity (Wildman–Crippen MR) is 63.4 cm³/mol. The van der Waals surface area contributed by atoms with Gasteiger partial charge in [0, 0.05) is 13.0 Å². The Morgan fingerprint density at radius 1 is 1.50 bits per heavy atom. The molecule has 0 aromatic heterocycles. The maximum atomic E-state index is 10.4. The molecule has 1 atom stereocenters. The highest BCUT2D eigenvalue weighted by Gasteiger charge is 2.42. The van der Waals surface area contributed by atoms with Gasteiger partial charge in [-0.25, -0.2) is 0 Å². The van der Waals surface area contributed by atoms with Gasteiger partial charge in [0.2, 0.25) is 0 Å². The number of benzene rings is 1. The van der Waals surface area contributed by atoms with E-state index in [-0.39, 0.29) is 0 Å². The van der Waals surface area contributed by atoms with E-state index < -0.39 is 5.60 Å². The Labute approximate surface area is 96.2 Å². The molecule has 1 fully saturated rings. The highest BCUT2D eigenvalue weighted by molar-refractivity contribution is 5.29. The summed E-state index contributed by atoms with van der Waals surface area (Å²) in [6.07, 6.45) is 2.81. The van der Waals surface area contributed by atoms with Gasteiger partial charge in [0.15, 0.2) is 0 Å². The van der Waals surface area contributed by atoms with Crippen molar-refractivity contribution >= 4 is 0 Å². The Hall–Kier alpha value is -1.06. The molecule has 3 N–H and O–H groups in total. The van der Waals surface area contributed by atoms with E-state index in [0.717, 1.165) is 24.2 Å². The Kier molecular flexibility index (Phi) is 3.17. The van der Waals surface area contributed by atoms with E-state index in [2.05, 4.69) is 0 Å². The first-order valence-corrected chi connectivity index (χ1v) is 5.73. The molecule has 1 saturated carbocycles. The molecule has 1 unspecified atom stereocenters. The van der Waals surface area contributed by atoms with E-state index in [9.17, 15) is 5.11 Å². The van der Waals surface area contributed by atoms with Gasteiger partial charge in [0.1, 0.15) is 5.75 Å². The summed E-state index contributed by atoms with van der Waals surface area (Å²) >= 11 is 0. The second-order valence-corrected chi connectivity index (χ2v) is 4.61. The molecule has 0 saturated heterocycles. The van der Waals surface area contributed by atoms with Crippen molar-refractivity contribution in [1.29, 1.82) is 0 Å². The number of nitrogens with two attached hydrogens (primary N) is 1. The van der Waals surface area contributed by atoms with Gasteiger partial charge in [-0.1, -0.05) is 12.1 Å². The van der Waals surface area contributed by atoms with Crippen LogP contribution in [0.1, 0.15) is 18.4 Å². The third-order valence-electron chi connectivity index (χ3n) is 3.34. The minimum Gasteiger partial charge on any atom is -0.497 e. The van der Waals surface area contributed by atoms with E-state index in [4.69, 9.17) is 10.5 Å². The van der Waals surface area contributed by atoms with Crippen molar-refractivity contribution < 1.29 is 9.84 Å². The molecule has 88 valence electrons. The molecule has 0 amide bonds. The zero-order valence-electron chi connectivity index (χ0n) is 9.65. The molecule has 3 heteroatoms. The third-order valence-corrected chi connectivity index (χ3v) is 3.34. The van der Waals surface area contributed by atoms with Gasteiger partial charge >= 0.3 is 0 Å². The van der Waals surface area contributed by atoms with Crippen LogP contribution in [0.3, 0.4) is 0 Å². The average Bonchev–Trinajstić information content (AvgIpc) is 3.13. The van der Waals surface area contributed by atoms with Crippen molar-refractivity contribution in [3.05, 3.63) is 29.8 Å². The third kappa shape index (κ3) is 2.36. The van der Waals surface area contributed by atoms with Crippen molar-refractivity contribution in [2.75, 3.05) is 13.7 Å². The lowest BCUT2D eigenvalue weighted by atomic mass is 9.90. The van der Waals surface area contributed by atoms with Crippen LogP contribution in [0.15, 0.2) is 24.3 Å². The lowest BCUT2D eigenvalue weighted by molar-refractivity contribution is 0.0267. The van der Waals surface area contributed by atoms with Crippen molar-refractivity contribution in [3.63, 3.8) is 0 Å². The fourth-order valence-electron chi connectivity index (χ4n) is 2.14. The summed E-state index contributed by atoms with van der Waals surface area (Å²) in [6, 6.07) is 7.81. The average molecular weight is 221 g/mol. The number of aliphatic hydroxyl groups is 1. The van der Waals surface area contributed by atoms with Crippen molar-refractivity contribution in [3.8, 4) is 5.75 Å². The van der Waals surface area contributed by atoms with Crippen molar-refractivity contribution in [1.82, 2.24) is 0 Å². The summed E-state index contributed by atoms with van der Waals surface area (Å²) < 4.78 is 5.17. The summed E-state index contributed by atoms with van der Waals surface area (Å²) in [6.45, 7) is 0.328. The molecule has 0 aliphatic heterocycles. The van der Waals surface area contributed by atoms with Gasteiger partial charge in [-0.3, -0.25) is 0 Å². The van der Waals surface area contributed by atoms with Gasteiger partial charge in [0.25, 0.3) is 0 Å². The Morgan fingerprint density at radius 3 is 2.81 bits per heavy atom. The van der Waals surface area contributed by atoms with Crippen LogP contribution < -0.4 is 10.5 Å². The summed E-state index contributed by atoms with van der Waals surface area (Å²) in [5.74, 6) is 1.20. The Morgan fingerprint density at radius 2 is 2.25 bits per heavy atom.